The van der Waals surface area contributed by atoms with E-state index in [1.165, 1.54) is 0 Å². The van der Waals surface area contributed by atoms with Crippen molar-refractivity contribution in [3.05, 3.63) is 130 Å². The first-order chi connectivity index (χ1) is 19.0. The van der Waals surface area contributed by atoms with E-state index >= 15 is 0 Å². The summed E-state index contributed by atoms with van der Waals surface area (Å²) in [5.74, 6) is 1.68. The first-order valence-electron chi connectivity index (χ1n) is 12.8. The Hall–Kier alpha value is -4.49. The molecule has 0 saturated carbocycles. The van der Waals surface area contributed by atoms with Crippen LogP contribution in [-0.4, -0.2) is 32.4 Å². The number of rotatable bonds is 5. The van der Waals surface area contributed by atoms with Crippen molar-refractivity contribution in [2.24, 2.45) is 0 Å². The summed E-state index contributed by atoms with van der Waals surface area (Å²) in [4.78, 5) is 15.9. The first-order valence-corrected chi connectivity index (χ1v) is 13.2. The molecule has 7 nitrogen and oxygen atoms in total. The normalized spacial score (nSPS) is 14.3. The van der Waals surface area contributed by atoms with Crippen molar-refractivity contribution in [2.75, 3.05) is 7.11 Å². The molecular formula is C31H28ClN5O2. The molecule has 3 heterocycles. The molecule has 0 aliphatic carbocycles. The van der Waals surface area contributed by atoms with Crippen molar-refractivity contribution >= 4 is 17.6 Å². The third kappa shape index (κ3) is 4.66. The third-order valence-electron chi connectivity index (χ3n) is 7.11. The Morgan fingerprint density at radius 3 is 2.59 bits per heavy atom. The number of para-hydroxylation sites is 1. The fourth-order valence-corrected chi connectivity index (χ4v) is 5.33. The maximum atomic E-state index is 14.0. The van der Waals surface area contributed by atoms with Gasteiger partial charge in [0.25, 0.3) is 0 Å². The molecule has 1 N–H and O–H groups in total. The molecule has 0 unspecified atom stereocenters. The fraction of sp³-hybridized carbons (Fsp3) is 0.161. The SMILES string of the molecule is COc1cccc(CNC(=O)N2Cc3c(C)nn(-c4ccccc4)c3-n3cccc3[C@H]2c2ccc(Cl)cc2)c1. The van der Waals surface area contributed by atoms with Crippen molar-refractivity contribution in [1.29, 1.82) is 0 Å². The summed E-state index contributed by atoms with van der Waals surface area (Å²) in [6.45, 7) is 2.75. The Labute approximate surface area is 232 Å². The second-order valence-corrected chi connectivity index (χ2v) is 9.97. The first kappa shape index (κ1) is 24.8. The van der Waals surface area contributed by atoms with E-state index in [4.69, 9.17) is 21.4 Å². The highest BCUT2D eigenvalue weighted by Crippen LogP contribution is 2.38. The van der Waals surface area contributed by atoms with E-state index in [0.29, 0.717) is 18.1 Å². The molecule has 2 aromatic heterocycles. The van der Waals surface area contributed by atoms with Crippen LogP contribution in [-0.2, 0) is 13.1 Å². The smallest absolute Gasteiger partial charge is 0.318 e. The maximum absolute atomic E-state index is 14.0. The number of amides is 2. The zero-order chi connectivity index (χ0) is 26.9. The molecular weight excluding hydrogens is 510 g/mol. The molecule has 8 heteroatoms. The summed E-state index contributed by atoms with van der Waals surface area (Å²) in [7, 11) is 1.64. The third-order valence-corrected chi connectivity index (χ3v) is 7.36. The number of fused-ring (bicyclic) bond motifs is 3. The number of halogens is 1. The van der Waals surface area contributed by atoms with E-state index in [1.54, 1.807) is 7.11 Å². The standard InChI is InChI=1S/C31H28ClN5O2/c1-21-27-20-36(31(38)33-19-22-8-6-11-26(18-22)39-2)29(23-13-15-24(32)16-14-23)28-12-7-17-35(28)30(27)37(34-21)25-9-4-3-5-10-25/h3-18,29H,19-20H2,1-2H3,(H,33,38)/t29-/m1/s1. The van der Waals surface area contributed by atoms with Crippen molar-refractivity contribution in [3.63, 3.8) is 0 Å². The summed E-state index contributed by atoms with van der Waals surface area (Å²) in [6, 6.07) is 29.0. The highest BCUT2D eigenvalue weighted by molar-refractivity contribution is 6.30. The van der Waals surface area contributed by atoms with Crippen molar-refractivity contribution in [1.82, 2.24) is 24.6 Å². The summed E-state index contributed by atoms with van der Waals surface area (Å²) < 4.78 is 9.47. The Morgan fingerprint density at radius 2 is 1.82 bits per heavy atom. The van der Waals surface area contributed by atoms with E-state index in [1.807, 2.05) is 108 Å². The number of aromatic nitrogens is 3. The molecule has 5 aromatic rings. The fourth-order valence-electron chi connectivity index (χ4n) is 5.21. The van der Waals surface area contributed by atoms with Crippen LogP contribution in [0.1, 0.15) is 34.1 Å². The number of benzene rings is 3. The molecule has 196 valence electrons. The number of nitrogens with zero attached hydrogens (tertiary/aromatic N) is 4. The topological polar surface area (TPSA) is 64.3 Å². The number of hydrogen-bond acceptors (Lipinski definition) is 3. The predicted molar refractivity (Wildman–Crippen MR) is 152 cm³/mol. The quantitative estimate of drug-likeness (QED) is 0.280. The van der Waals surface area contributed by atoms with Gasteiger partial charge in [-0.2, -0.15) is 5.10 Å². The number of carbonyl (C=O) groups is 1. The second kappa shape index (κ2) is 10.3. The zero-order valence-electron chi connectivity index (χ0n) is 21.7. The van der Waals surface area contributed by atoms with Gasteiger partial charge in [-0.25, -0.2) is 9.48 Å². The van der Waals surface area contributed by atoms with E-state index in [0.717, 1.165) is 45.3 Å². The number of methoxy groups -OCH3 is 1. The lowest BCUT2D eigenvalue weighted by molar-refractivity contribution is 0.180. The molecule has 0 bridgehead atoms. The van der Waals surface area contributed by atoms with Gasteiger partial charge >= 0.3 is 6.03 Å². The highest BCUT2D eigenvalue weighted by Gasteiger charge is 2.35. The Morgan fingerprint density at radius 1 is 1.03 bits per heavy atom. The van der Waals surface area contributed by atoms with E-state index in [9.17, 15) is 4.79 Å². The van der Waals surface area contributed by atoms with Gasteiger partial charge in [0.2, 0.25) is 0 Å². The van der Waals surface area contributed by atoms with Crippen LogP contribution in [0.25, 0.3) is 11.5 Å². The largest absolute Gasteiger partial charge is 0.497 e. The van der Waals surface area contributed by atoms with E-state index < -0.39 is 0 Å². The minimum absolute atomic E-state index is 0.176. The molecule has 6 rings (SSSR count). The van der Waals surface area contributed by atoms with Gasteiger partial charge in [0.05, 0.1) is 36.8 Å². The average Bonchev–Trinajstić information content (AvgIpc) is 3.53. The van der Waals surface area contributed by atoms with Crippen LogP contribution in [0.3, 0.4) is 0 Å². The molecule has 1 aliphatic rings. The molecule has 1 atom stereocenters. The van der Waals surface area contributed by atoms with Crippen LogP contribution < -0.4 is 10.1 Å². The summed E-state index contributed by atoms with van der Waals surface area (Å²) in [5.41, 5.74) is 5.71. The number of nitrogens with one attached hydrogen (secondary N) is 1. The van der Waals surface area contributed by atoms with Gasteiger partial charge in [-0.05, 0) is 66.6 Å². The second-order valence-electron chi connectivity index (χ2n) is 9.53. The van der Waals surface area contributed by atoms with E-state index in [2.05, 4.69) is 16.0 Å². The van der Waals surface area contributed by atoms with Crippen LogP contribution >= 0.6 is 11.6 Å². The van der Waals surface area contributed by atoms with Crippen LogP contribution in [0.2, 0.25) is 5.02 Å². The summed E-state index contributed by atoms with van der Waals surface area (Å²) >= 11 is 6.25. The van der Waals surface area contributed by atoms with Crippen molar-refractivity contribution < 1.29 is 9.53 Å². The maximum Gasteiger partial charge on any atom is 0.318 e. The lowest BCUT2D eigenvalue weighted by Gasteiger charge is -2.31. The van der Waals surface area contributed by atoms with E-state index in [-0.39, 0.29) is 12.1 Å². The number of urea groups is 1. The molecule has 2 amide bonds. The highest BCUT2D eigenvalue weighted by atomic mass is 35.5. The van der Waals surface area contributed by atoms with Gasteiger partial charge in [-0.15, -0.1) is 0 Å². The van der Waals surface area contributed by atoms with Crippen LogP contribution in [0, 0.1) is 6.92 Å². The number of aryl methyl sites for hydroxylation is 1. The van der Waals surface area contributed by atoms with Gasteiger partial charge in [0, 0.05) is 23.3 Å². The number of carbonyl (C=O) groups excluding carboxylic acids is 1. The Kier molecular flexibility index (Phi) is 6.59. The zero-order valence-corrected chi connectivity index (χ0v) is 22.5. The lowest BCUT2D eigenvalue weighted by Crippen LogP contribution is -2.41. The monoisotopic (exact) mass is 537 g/mol. The van der Waals surface area contributed by atoms with Crippen LogP contribution in [0.4, 0.5) is 4.79 Å². The van der Waals surface area contributed by atoms with Gasteiger partial charge in [0.1, 0.15) is 11.6 Å². The Balaban J connectivity index is 1.45. The molecule has 1 aliphatic heterocycles. The molecule has 0 fully saturated rings. The number of hydrogen-bond donors (Lipinski definition) is 1. The van der Waals surface area contributed by atoms with Gasteiger partial charge in [-0.1, -0.05) is 54.1 Å². The van der Waals surface area contributed by atoms with Crippen LogP contribution in [0.5, 0.6) is 5.75 Å². The van der Waals surface area contributed by atoms with Gasteiger partial charge in [-0.3, -0.25) is 0 Å². The molecule has 39 heavy (non-hydrogen) atoms. The van der Waals surface area contributed by atoms with Crippen molar-refractivity contribution in [3.8, 4) is 17.3 Å². The van der Waals surface area contributed by atoms with Gasteiger partial charge < -0.3 is 19.5 Å². The summed E-state index contributed by atoms with van der Waals surface area (Å²) in [6.07, 6.45) is 2.04. The minimum Gasteiger partial charge on any atom is -0.497 e. The lowest BCUT2D eigenvalue weighted by atomic mass is 10.0. The molecule has 3 aromatic carbocycles. The molecule has 0 radical (unpaired) electrons. The predicted octanol–water partition coefficient (Wildman–Crippen LogP) is 6.45. The summed E-state index contributed by atoms with van der Waals surface area (Å²) in [5, 5.41) is 8.69. The average molecular weight is 538 g/mol. The molecule has 0 saturated heterocycles. The number of ether oxygens (including phenoxy) is 1. The van der Waals surface area contributed by atoms with Crippen LogP contribution in [0.15, 0.2) is 97.2 Å². The van der Waals surface area contributed by atoms with Gasteiger partial charge in [0.15, 0.2) is 0 Å². The van der Waals surface area contributed by atoms with Crippen molar-refractivity contribution in [2.45, 2.75) is 26.1 Å². The minimum atomic E-state index is -0.349. The Bertz CT molecular complexity index is 1620. The molecule has 0 spiro atoms.